The summed E-state index contributed by atoms with van der Waals surface area (Å²) in [5.74, 6) is 0.703. The molecule has 1 amide bonds. The number of carbonyl (C=O) groups excluding carboxylic acids is 1. The number of aromatic nitrogens is 2. The zero-order chi connectivity index (χ0) is 28.1. The first kappa shape index (κ1) is 29.6. The van der Waals surface area contributed by atoms with E-state index in [0.717, 1.165) is 25.7 Å². The van der Waals surface area contributed by atoms with E-state index >= 15 is 0 Å². The van der Waals surface area contributed by atoms with Crippen LogP contribution >= 0.6 is 0 Å². The molecule has 216 valence electrons. The molecule has 1 heterocycles. The lowest BCUT2D eigenvalue weighted by Crippen LogP contribution is -2.19. The van der Waals surface area contributed by atoms with Gasteiger partial charge in [0.2, 0.25) is 5.91 Å². The molecule has 0 unspecified atom stereocenters. The Hall–Kier alpha value is -4.38. The van der Waals surface area contributed by atoms with Crippen LogP contribution in [0.4, 0.5) is 23.0 Å². The lowest BCUT2D eigenvalue weighted by atomic mass is 9.87. The smallest absolute Gasteiger partial charge is 0.263 e. The van der Waals surface area contributed by atoms with Gasteiger partial charge in [-0.05, 0) is 49.1 Å². The van der Waals surface area contributed by atoms with E-state index in [1.54, 1.807) is 42.5 Å². The summed E-state index contributed by atoms with van der Waals surface area (Å²) in [5, 5.41) is 15.9. The second-order valence-electron chi connectivity index (χ2n) is 9.84. The van der Waals surface area contributed by atoms with Gasteiger partial charge in [0.05, 0.1) is 23.0 Å². The number of para-hydroxylation sites is 2. The average Bonchev–Trinajstić information content (AvgIpc) is 2.93. The fourth-order valence-corrected chi connectivity index (χ4v) is 5.92. The molecule has 0 aliphatic heterocycles. The zero-order valence-corrected chi connectivity index (χ0v) is 22.9. The van der Waals surface area contributed by atoms with Crippen molar-refractivity contribution in [2.24, 2.45) is 5.92 Å². The van der Waals surface area contributed by atoms with Gasteiger partial charge in [-0.2, -0.15) is 0 Å². The Morgan fingerprint density at radius 2 is 1.63 bits per heavy atom. The van der Waals surface area contributed by atoms with Crippen LogP contribution < -0.4 is 20.1 Å². The van der Waals surface area contributed by atoms with Crippen LogP contribution in [0.15, 0.2) is 71.6 Å². The largest absolute Gasteiger partial charge is 0.508 e. The predicted octanol–water partition coefficient (Wildman–Crippen LogP) is 6.43. The topological polar surface area (TPSA) is 143 Å². The van der Waals surface area contributed by atoms with E-state index in [4.69, 9.17) is 4.74 Å². The van der Waals surface area contributed by atoms with E-state index in [1.165, 1.54) is 37.8 Å². The molecule has 1 saturated carbocycles. The number of carbonyl (C=O) groups is 1. The number of rotatable bonds is 9. The molecule has 0 spiro atoms. The minimum atomic E-state index is -4.12. The Balaban J connectivity index is 0.00000387. The maximum Gasteiger partial charge on any atom is 0.263 e. The third kappa shape index (κ3) is 7.43. The van der Waals surface area contributed by atoms with Gasteiger partial charge in [0.1, 0.15) is 11.5 Å². The lowest BCUT2D eigenvalue weighted by molar-refractivity contribution is -0.117. The maximum atomic E-state index is 13.5. The van der Waals surface area contributed by atoms with E-state index in [2.05, 4.69) is 25.3 Å². The highest BCUT2D eigenvalue weighted by atomic mass is 32.2. The van der Waals surface area contributed by atoms with Gasteiger partial charge in [-0.25, -0.2) is 18.4 Å². The normalized spacial score (nSPS) is 13.7. The van der Waals surface area contributed by atoms with Crippen LogP contribution in [-0.2, 0) is 14.8 Å². The van der Waals surface area contributed by atoms with E-state index < -0.39 is 10.0 Å². The number of phenolic OH excluding ortho intramolecular Hbond substituents is 1. The summed E-state index contributed by atoms with van der Waals surface area (Å²) in [6.07, 6.45) is 6.02. The molecule has 0 saturated heterocycles. The second kappa shape index (κ2) is 12.9. The number of sulfonamides is 1. The molecular weight excluding hydrogens is 542 g/mol. The highest BCUT2D eigenvalue weighted by Gasteiger charge is 2.21. The van der Waals surface area contributed by atoms with E-state index in [1.807, 2.05) is 0 Å². The van der Waals surface area contributed by atoms with Crippen LogP contribution in [0.5, 0.6) is 11.5 Å². The summed E-state index contributed by atoms with van der Waals surface area (Å²) in [4.78, 5) is 21.6. The van der Waals surface area contributed by atoms with Gasteiger partial charge in [-0.1, -0.05) is 44.9 Å². The summed E-state index contributed by atoms with van der Waals surface area (Å²) in [5.41, 5.74) is 1.86. The van der Waals surface area contributed by atoms with Crippen LogP contribution in [0.3, 0.4) is 0 Å². The number of ether oxygens (including phenoxy) is 1. The summed E-state index contributed by atoms with van der Waals surface area (Å²) in [6, 6.07) is 17.7. The van der Waals surface area contributed by atoms with Gasteiger partial charge in [-0.15, -0.1) is 0 Å². The number of nitrogens with zero attached hydrogens (tertiary/aromatic N) is 2. The van der Waals surface area contributed by atoms with Crippen molar-refractivity contribution in [2.45, 2.75) is 50.8 Å². The molecule has 1 aliphatic rings. The van der Waals surface area contributed by atoms with E-state index in [9.17, 15) is 18.3 Å². The van der Waals surface area contributed by atoms with Gasteiger partial charge in [0.25, 0.3) is 10.0 Å². The third-order valence-electron chi connectivity index (χ3n) is 6.82. The van der Waals surface area contributed by atoms with Crippen LogP contribution in [0.25, 0.3) is 11.0 Å². The predicted molar refractivity (Wildman–Crippen MR) is 161 cm³/mol. The van der Waals surface area contributed by atoms with Gasteiger partial charge in [0.15, 0.2) is 11.6 Å². The molecule has 4 N–H and O–H groups in total. The van der Waals surface area contributed by atoms with Crippen LogP contribution in [-0.4, -0.2) is 36.5 Å². The van der Waals surface area contributed by atoms with E-state index in [0.29, 0.717) is 40.5 Å². The Kier molecular flexibility index (Phi) is 9.28. The standard InChI is InChI=1S/C29H31N5O5S.CH4/c1-39-23-16-21(15-22(35)18-23)31-28-29(33-26-13-6-5-12-25(26)32-28)34-40(37,38)24-11-7-10-20(17-24)30-27(36)14-19-8-3-2-4-9-19;/h5-7,10-13,15-19,35H,2-4,8-9,14H2,1H3,(H,30,36)(H,31,32)(H,33,34);1H4. The van der Waals surface area contributed by atoms with Crippen molar-refractivity contribution in [3.8, 4) is 11.5 Å². The second-order valence-corrected chi connectivity index (χ2v) is 11.5. The Morgan fingerprint density at radius 3 is 2.34 bits per heavy atom. The number of phenols is 1. The number of hydrogen-bond donors (Lipinski definition) is 4. The highest BCUT2D eigenvalue weighted by molar-refractivity contribution is 7.92. The SMILES string of the molecule is C.COc1cc(O)cc(Nc2nc3ccccc3nc2NS(=O)(=O)c2cccc(NC(=O)CC3CCCCC3)c2)c1. The minimum absolute atomic E-state index is 0. The number of nitrogens with one attached hydrogen (secondary N) is 3. The first-order valence-electron chi connectivity index (χ1n) is 13.1. The summed E-state index contributed by atoms with van der Waals surface area (Å²) < 4.78 is 34.7. The van der Waals surface area contributed by atoms with Gasteiger partial charge < -0.3 is 20.5 Å². The fourth-order valence-electron chi connectivity index (χ4n) is 4.86. The monoisotopic (exact) mass is 577 g/mol. The molecule has 3 aromatic carbocycles. The number of anilines is 4. The lowest BCUT2D eigenvalue weighted by Gasteiger charge is -2.20. The summed E-state index contributed by atoms with van der Waals surface area (Å²) in [6.45, 7) is 0. The fraction of sp³-hybridized carbons (Fsp3) is 0.300. The quantitative estimate of drug-likeness (QED) is 0.178. The number of benzene rings is 3. The van der Waals surface area contributed by atoms with Crippen molar-refractivity contribution >= 4 is 50.0 Å². The maximum absolute atomic E-state index is 13.5. The Morgan fingerprint density at radius 1 is 0.927 bits per heavy atom. The number of fused-ring (bicyclic) bond motifs is 1. The summed E-state index contributed by atoms with van der Waals surface area (Å²) in [7, 11) is -2.65. The van der Waals surface area contributed by atoms with Gasteiger partial charge >= 0.3 is 0 Å². The van der Waals surface area contributed by atoms with Crippen molar-refractivity contribution in [1.29, 1.82) is 0 Å². The van der Waals surface area contributed by atoms with Crippen molar-refractivity contribution in [3.63, 3.8) is 0 Å². The van der Waals surface area contributed by atoms with Crippen molar-refractivity contribution < 1.29 is 23.1 Å². The molecule has 11 heteroatoms. The first-order valence-corrected chi connectivity index (χ1v) is 14.6. The van der Waals surface area contributed by atoms with Gasteiger partial charge in [-0.3, -0.25) is 9.52 Å². The van der Waals surface area contributed by atoms with E-state index in [-0.39, 0.29) is 35.6 Å². The number of hydrogen-bond acceptors (Lipinski definition) is 8. The molecule has 1 aliphatic carbocycles. The molecule has 5 rings (SSSR count). The van der Waals surface area contributed by atoms with Crippen molar-refractivity contribution in [3.05, 3.63) is 66.7 Å². The first-order chi connectivity index (χ1) is 19.3. The Labute approximate surface area is 240 Å². The molecule has 41 heavy (non-hydrogen) atoms. The molecular formula is C30H35N5O5S. The molecule has 1 aromatic heterocycles. The summed E-state index contributed by atoms with van der Waals surface area (Å²) >= 11 is 0. The van der Waals surface area contributed by atoms with Crippen LogP contribution in [0.1, 0.15) is 46.0 Å². The highest BCUT2D eigenvalue weighted by Crippen LogP contribution is 2.31. The third-order valence-corrected chi connectivity index (χ3v) is 8.15. The zero-order valence-electron chi connectivity index (χ0n) is 22.1. The average molecular weight is 578 g/mol. The number of amides is 1. The molecule has 0 bridgehead atoms. The van der Waals surface area contributed by atoms with Crippen LogP contribution in [0.2, 0.25) is 0 Å². The van der Waals surface area contributed by atoms with Gasteiger partial charge in [0, 0.05) is 36.0 Å². The molecule has 1 fully saturated rings. The number of aromatic hydroxyl groups is 1. The Bertz CT molecular complexity index is 1640. The molecule has 0 radical (unpaired) electrons. The van der Waals surface area contributed by atoms with Crippen molar-refractivity contribution in [2.75, 3.05) is 22.5 Å². The molecule has 10 nitrogen and oxygen atoms in total. The molecule has 0 atom stereocenters. The minimum Gasteiger partial charge on any atom is -0.508 e. The molecule has 4 aromatic rings. The van der Waals surface area contributed by atoms with Crippen molar-refractivity contribution in [1.82, 2.24) is 9.97 Å². The number of methoxy groups -OCH3 is 1. The van der Waals surface area contributed by atoms with Crippen LogP contribution in [0, 0.1) is 5.92 Å².